The SMILES string of the molecule is CC(C)[C@H](OC(=O)[C@H](C)Oc1ccc(Cl)cc1Cl)C(=O)NC(N)=O. The maximum atomic E-state index is 12.1. The van der Waals surface area contributed by atoms with E-state index in [1.165, 1.54) is 19.1 Å². The smallest absolute Gasteiger partial charge is 0.347 e. The van der Waals surface area contributed by atoms with Crippen LogP contribution in [0.3, 0.4) is 0 Å². The molecule has 1 aromatic rings. The third-order valence-electron chi connectivity index (χ3n) is 2.88. The summed E-state index contributed by atoms with van der Waals surface area (Å²) in [6.07, 6.45) is -2.22. The number of carbonyl (C=O) groups excluding carboxylic acids is 3. The van der Waals surface area contributed by atoms with Crippen LogP contribution in [0.4, 0.5) is 4.79 Å². The summed E-state index contributed by atoms with van der Waals surface area (Å²) in [7, 11) is 0. The Bertz CT molecular complexity index is 636. The second kappa shape index (κ2) is 8.75. The molecule has 0 unspecified atom stereocenters. The number of esters is 1. The highest BCUT2D eigenvalue weighted by molar-refractivity contribution is 6.35. The molecule has 0 aliphatic rings. The number of rotatable bonds is 6. The van der Waals surface area contributed by atoms with Gasteiger partial charge in [0.1, 0.15) is 5.75 Å². The van der Waals surface area contributed by atoms with E-state index in [2.05, 4.69) is 0 Å². The Hall–Kier alpha value is -1.99. The zero-order valence-electron chi connectivity index (χ0n) is 13.3. The Labute approximate surface area is 149 Å². The van der Waals surface area contributed by atoms with Gasteiger partial charge in [0, 0.05) is 5.02 Å². The van der Waals surface area contributed by atoms with Gasteiger partial charge in [-0.05, 0) is 31.0 Å². The molecule has 0 aliphatic carbocycles. The zero-order chi connectivity index (χ0) is 18.4. The predicted octanol–water partition coefficient (Wildman–Crippen LogP) is 2.52. The van der Waals surface area contributed by atoms with E-state index in [0.717, 1.165) is 0 Å². The number of hydrogen-bond donors (Lipinski definition) is 2. The zero-order valence-corrected chi connectivity index (χ0v) is 14.9. The standard InChI is InChI=1S/C15H18Cl2N2O5/c1-7(2)12(13(20)19-15(18)22)24-14(21)8(3)23-11-5-4-9(16)6-10(11)17/h4-8,12H,1-3H3,(H3,18,19,20,22)/t8-,12-/m0/s1. The molecule has 3 amide bonds. The quantitative estimate of drug-likeness (QED) is 0.741. The molecule has 0 aliphatic heterocycles. The molecular formula is C15H18Cl2N2O5. The fraction of sp³-hybridized carbons (Fsp3) is 0.400. The number of carbonyl (C=O) groups is 3. The number of imide groups is 1. The van der Waals surface area contributed by atoms with Crippen molar-refractivity contribution in [3.63, 3.8) is 0 Å². The summed E-state index contributed by atoms with van der Waals surface area (Å²) < 4.78 is 10.5. The van der Waals surface area contributed by atoms with Gasteiger partial charge in [0.05, 0.1) is 5.02 Å². The molecule has 0 bridgehead atoms. The number of urea groups is 1. The van der Waals surface area contributed by atoms with Crippen molar-refractivity contribution in [2.75, 3.05) is 0 Å². The second-order valence-corrected chi connectivity index (χ2v) is 6.13. The summed E-state index contributed by atoms with van der Waals surface area (Å²) in [5.41, 5.74) is 4.89. The van der Waals surface area contributed by atoms with Gasteiger partial charge >= 0.3 is 12.0 Å². The van der Waals surface area contributed by atoms with Crippen molar-refractivity contribution in [1.29, 1.82) is 0 Å². The first-order valence-corrected chi connectivity index (χ1v) is 7.80. The van der Waals surface area contributed by atoms with E-state index in [-0.39, 0.29) is 16.7 Å². The molecule has 9 heteroatoms. The summed E-state index contributed by atoms with van der Waals surface area (Å²) in [6.45, 7) is 4.75. The molecule has 0 heterocycles. The highest BCUT2D eigenvalue weighted by Crippen LogP contribution is 2.28. The fourth-order valence-electron chi connectivity index (χ4n) is 1.72. The van der Waals surface area contributed by atoms with Gasteiger partial charge in [-0.1, -0.05) is 37.0 Å². The second-order valence-electron chi connectivity index (χ2n) is 5.29. The number of nitrogens with one attached hydrogen (secondary N) is 1. The summed E-state index contributed by atoms with van der Waals surface area (Å²) in [4.78, 5) is 34.7. The van der Waals surface area contributed by atoms with E-state index in [0.29, 0.717) is 5.02 Å². The average molecular weight is 377 g/mol. The summed E-state index contributed by atoms with van der Waals surface area (Å²) in [5.74, 6) is -1.73. The molecule has 1 aromatic carbocycles. The largest absolute Gasteiger partial charge is 0.477 e. The Morgan fingerprint density at radius 1 is 1.17 bits per heavy atom. The van der Waals surface area contributed by atoms with Gasteiger partial charge in [-0.15, -0.1) is 0 Å². The maximum absolute atomic E-state index is 12.1. The molecule has 3 N–H and O–H groups in total. The molecule has 0 saturated carbocycles. The minimum absolute atomic E-state index is 0.231. The van der Waals surface area contributed by atoms with Crippen LogP contribution >= 0.6 is 23.2 Å². The van der Waals surface area contributed by atoms with Crippen LogP contribution in [0.15, 0.2) is 18.2 Å². The lowest BCUT2D eigenvalue weighted by Crippen LogP contribution is -2.46. The van der Waals surface area contributed by atoms with E-state index < -0.39 is 30.1 Å². The average Bonchev–Trinajstić information content (AvgIpc) is 2.45. The molecular weight excluding hydrogens is 359 g/mol. The van der Waals surface area contributed by atoms with Crippen molar-refractivity contribution in [3.8, 4) is 5.75 Å². The lowest BCUT2D eigenvalue weighted by molar-refractivity contribution is -0.164. The van der Waals surface area contributed by atoms with Gasteiger partial charge in [0.2, 0.25) is 0 Å². The number of ether oxygens (including phenoxy) is 2. The molecule has 7 nitrogen and oxygen atoms in total. The summed E-state index contributed by atoms with van der Waals surface area (Å²) in [6, 6.07) is 3.50. The maximum Gasteiger partial charge on any atom is 0.347 e. The fourth-order valence-corrected chi connectivity index (χ4v) is 2.17. The molecule has 0 radical (unpaired) electrons. The third kappa shape index (κ3) is 5.90. The van der Waals surface area contributed by atoms with Crippen LogP contribution < -0.4 is 15.8 Å². The van der Waals surface area contributed by atoms with Crippen LogP contribution in [-0.2, 0) is 14.3 Å². The predicted molar refractivity (Wildman–Crippen MR) is 89.0 cm³/mol. The van der Waals surface area contributed by atoms with Crippen molar-refractivity contribution in [3.05, 3.63) is 28.2 Å². The van der Waals surface area contributed by atoms with E-state index in [1.54, 1.807) is 19.9 Å². The van der Waals surface area contributed by atoms with Crippen LogP contribution in [0.5, 0.6) is 5.75 Å². The van der Waals surface area contributed by atoms with Gasteiger partial charge in [-0.2, -0.15) is 0 Å². The lowest BCUT2D eigenvalue weighted by Gasteiger charge is -2.22. The minimum atomic E-state index is -1.18. The van der Waals surface area contributed by atoms with Crippen molar-refractivity contribution in [2.45, 2.75) is 33.0 Å². The van der Waals surface area contributed by atoms with Gasteiger partial charge in [-0.25, -0.2) is 9.59 Å². The van der Waals surface area contributed by atoms with Crippen LogP contribution in [0.2, 0.25) is 10.0 Å². The first kappa shape index (κ1) is 20.1. The van der Waals surface area contributed by atoms with Crippen LogP contribution in [-0.4, -0.2) is 30.1 Å². The molecule has 132 valence electrons. The Balaban J connectivity index is 2.76. The van der Waals surface area contributed by atoms with E-state index >= 15 is 0 Å². The van der Waals surface area contributed by atoms with Crippen LogP contribution in [0, 0.1) is 5.92 Å². The Kier molecular flexibility index (Phi) is 7.31. The van der Waals surface area contributed by atoms with Gasteiger partial charge in [-0.3, -0.25) is 10.1 Å². The van der Waals surface area contributed by atoms with Crippen molar-refractivity contribution in [2.24, 2.45) is 11.7 Å². The van der Waals surface area contributed by atoms with Gasteiger partial charge < -0.3 is 15.2 Å². The molecule has 0 saturated heterocycles. The van der Waals surface area contributed by atoms with Crippen molar-refractivity contribution in [1.82, 2.24) is 5.32 Å². The lowest BCUT2D eigenvalue weighted by atomic mass is 10.1. The molecule has 0 spiro atoms. The molecule has 2 atom stereocenters. The highest BCUT2D eigenvalue weighted by Gasteiger charge is 2.30. The van der Waals surface area contributed by atoms with Crippen LogP contribution in [0.1, 0.15) is 20.8 Å². The minimum Gasteiger partial charge on any atom is -0.477 e. The highest BCUT2D eigenvalue weighted by atomic mass is 35.5. The van der Waals surface area contributed by atoms with E-state index in [4.69, 9.17) is 38.4 Å². The number of primary amides is 1. The monoisotopic (exact) mass is 376 g/mol. The molecule has 24 heavy (non-hydrogen) atoms. The first-order valence-electron chi connectivity index (χ1n) is 7.04. The van der Waals surface area contributed by atoms with Gasteiger partial charge in [0.25, 0.3) is 5.91 Å². The number of hydrogen-bond acceptors (Lipinski definition) is 5. The topological polar surface area (TPSA) is 108 Å². The van der Waals surface area contributed by atoms with Crippen molar-refractivity contribution >= 4 is 41.1 Å². The van der Waals surface area contributed by atoms with Gasteiger partial charge in [0.15, 0.2) is 12.2 Å². The summed E-state index contributed by atoms with van der Waals surface area (Å²) >= 11 is 11.7. The van der Waals surface area contributed by atoms with Crippen molar-refractivity contribution < 1.29 is 23.9 Å². The Morgan fingerprint density at radius 3 is 2.29 bits per heavy atom. The molecule has 1 rings (SSSR count). The number of halogens is 2. The Morgan fingerprint density at radius 2 is 1.79 bits per heavy atom. The van der Waals surface area contributed by atoms with Crippen LogP contribution in [0.25, 0.3) is 0 Å². The number of benzene rings is 1. The molecule has 0 aromatic heterocycles. The summed E-state index contributed by atoms with van der Waals surface area (Å²) in [5, 5.41) is 2.53. The molecule has 0 fully saturated rings. The van der Waals surface area contributed by atoms with E-state index in [9.17, 15) is 14.4 Å². The third-order valence-corrected chi connectivity index (χ3v) is 3.41. The number of nitrogens with two attached hydrogens (primary N) is 1. The number of amides is 3. The first-order chi connectivity index (χ1) is 11.1. The normalized spacial score (nSPS) is 13.1. The van der Waals surface area contributed by atoms with E-state index in [1.807, 2.05) is 5.32 Å².